The lowest BCUT2D eigenvalue weighted by Gasteiger charge is -2.14. The smallest absolute Gasteiger partial charge is 0.325 e. The number of benzene rings is 1. The van der Waals surface area contributed by atoms with Gasteiger partial charge in [-0.3, -0.25) is 4.79 Å². The summed E-state index contributed by atoms with van der Waals surface area (Å²) in [4.78, 5) is 11.0. The van der Waals surface area contributed by atoms with Crippen LogP contribution in [0.2, 0.25) is 5.02 Å². The summed E-state index contributed by atoms with van der Waals surface area (Å²) in [7, 11) is 1.28. The van der Waals surface area contributed by atoms with E-state index in [9.17, 15) is 10.1 Å². The fraction of sp³-hybridized carbons (Fsp3) is 0.267. The average molecular weight is 304 g/mol. The highest BCUT2D eigenvalue weighted by molar-refractivity contribution is 6.30. The van der Waals surface area contributed by atoms with E-state index >= 15 is 0 Å². The maximum atomic E-state index is 11.0. The molecular formula is C15H14ClN3O2. The molecule has 0 amide bonds. The first-order valence-corrected chi connectivity index (χ1v) is 6.53. The number of carbonyl (C=O) groups is 1. The van der Waals surface area contributed by atoms with Crippen LogP contribution in [0.5, 0.6) is 0 Å². The number of rotatable bonds is 6. The maximum absolute atomic E-state index is 11.0. The first-order chi connectivity index (χ1) is 10.1. The molecule has 0 fully saturated rings. The number of methoxy groups -OCH3 is 1. The fourth-order valence-electron chi connectivity index (χ4n) is 1.75. The lowest BCUT2D eigenvalue weighted by Crippen LogP contribution is -2.20. The minimum absolute atomic E-state index is 0.0451. The Morgan fingerprint density at radius 3 is 2.86 bits per heavy atom. The molecule has 5 nitrogen and oxygen atoms in total. The summed E-state index contributed by atoms with van der Waals surface area (Å²) in [6.07, 6.45) is 1.57. The van der Waals surface area contributed by atoms with Gasteiger partial charge < -0.3 is 10.1 Å². The largest absolute Gasteiger partial charge is 0.468 e. The monoisotopic (exact) mass is 303 g/mol. The molecule has 1 atom stereocenters. The number of hydrogen-bond donors (Lipinski definition) is 1. The highest BCUT2D eigenvalue weighted by Gasteiger charge is 2.17. The standard InChI is InChI=1S/C15H14ClN3O2/c1-21-15(20)10-19-9-12(8-18)14(5-6-17)11-3-2-4-13(16)7-11/h2-4,7,9,14,19H,5,10H2,1H3/b12-9+/t14-/m0/s1. The van der Waals surface area contributed by atoms with E-state index in [0.717, 1.165) is 5.56 Å². The number of nitrogens with one attached hydrogen (secondary N) is 1. The number of esters is 1. The number of carbonyl (C=O) groups excluding carboxylic acids is 1. The molecule has 0 unspecified atom stereocenters. The molecule has 108 valence electrons. The second kappa shape index (κ2) is 8.63. The summed E-state index contributed by atoms with van der Waals surface area (Å²) < 4.78 is 4.49. The van der Waals surface area contributed by atoms with Crippen molar-refractivity contribution in [3.63, 3.8) is 0 Å². The van der Waals surface area contributed by atoms with Crippen molar-refractivity contribution in [3.05, 3.63) is 46.6 Å². The molecule has 21 heavy (non-hydrogen) atoms. The first-order valence-electron chi connectivity index (χ1n) is 6.15. The van der Waals surface area contributed by atoms with Crippen LogP contribution in [0.3, 0.4) is 0 Å². The number of allylic oxidation sites excluding steroid dienone is 1. The summed E-state index contributed by atoms with van der Waals surface area (Å²) in [6.45, 7) is -0.0451. The van der Waals surface area contributed by atoms with Gasteiger partial charge in [-0.2, -0.15) is 10.5 Å². The van der Waals surface area contributed by atoms with Crippen LogP contribution in [0.15, 0.2) is 36.0 Å². The Morgan fingerprint density at radius 2 is 2.29 bits per heavy atom. The lowest BCUT2D eigenvalue weighted by molar-refractivity contribution is -0.139. The molecule has 0 saturated heterocycles. The molecule has 1 aromatic carbocycles. The Balaban J connectivity index is 2.96. The van der Waals surface area contributed by atoms with Gasteiger partial charge in [0.25, 0.3) is 0 Å². The van der Waals surface area contributed by atoms with Gasteiger partial charge in [0.2, 0.25) is 0 Å². The van der Waals surface area contributed by atoms with Crippen molar-refractivity contribution in [1.29, 1.82) is 10.5 Å². The highest BCUT2D eigenvalue weighted by atomic mass is 35.5. The molecule has 0 saturated carbocycles. The minimum atomic E-state index is -0.442. The third-order valence-corrected chi connectivity index (χ3v) is 3.02. The van der Waals surface area contributed by atoms with Crippen molar-refractivity contribution in [2.24, 2.45) is 0 Å². The summed E-state index contributed by atoms with van der Waals surface area (Å²) in [5.74, 6) is -0.841. The third-order valence-electron chi connectivity index (χ3n) is 2.78. The van der Waals surface area contributed by atoms with Crippen LogP contribution in [0.25, 0.3) is 0 Å². The van der Waals surface area contributed by atoms with E-state index in [0.29, 0.717) is 10.6 Å². The van der Waals surface area contributed by atoms with E-state index < -0.39 is 11.9 Å². The van der Waals surface area contributed by atoms with Crippen molar-refractivity contribution >= 4 is 17.6 Å². The van der Waals surface area contributed by atoms with Crippen molar-refractivity contribution in [2.45, 2.75) is 12.3 Å². The van der Waals surface area contributed by atoms with E-state index in [2.05, 4.69) is 16.1 Å². The molecule has 0 aliphatic heterocycles. The van der Waals surface area contributed by atoms with Crippen LogP contribution >= 0.6 is 11.6 Å². The fourth-order valence-corrected chi connectivity index (χ4v) is 1.95. The average Bonchev–Trinajstić information content (AvgIpc) is 2.49. The molecule has 1 N–H and O–H groups in total. The second-order valence-corrected chi connectivity index (χ2v) is 4.57. The number of halogens is 1. The van der Waals surface area contributed by atoms with Gasteiger partial charge in [-0.05, 0) is 17.7 Å². The first kappa shape index (κ1) is 16.6. The Hall–Kier alpha value is -2.50. The normalized spacial score (nSPS) is 11.9. The zero-order chi connectivity index (χ0) is 15.7. The molecule has 1 aromatic rings. The van der Waals surface area contributed by atoms with Crippen LogP contribution in [0, 0.1) is 22.7 Å². The molecule has 1 rings (SSSR count). The molecule has 0 heterocycles. The summed E-state index contributed by atoms with van der Waals surface area (Å²) in [6, 6.07) is 11.1. The predicted octanol–water partition coefficient (Wildman–Crippen LogP) is 2.51. The van der Waals surface area contributed by atoms with E-state index in [-0.39, 0.29) is 13.0 Å². The Bertz CT molecular complexity index is 614. The van der Waals surface area contributed by atoms with E-state index in [1.807, 2.05) is 6.07 Å². The summed E-state index contributed by atoms with van der Waals surface area (Å²) in [5.41, 5.74) is 1.12. The van der Waals surface area contributed by atoms with E-state index in [4.69, 9.17) is 16.9 Å². The van der Waals surface area contributed by atoms with Gasteiger partial charge >= 0.3 is 5.97 Å². The van der Waals surface area contributed by atoms with Crippen molar-refractivity contribution in [1.82, 2.24) is 5.32 Å². The van der Waals surface area contributed by atoms with E-state index in [1.54, 1.807) is 24.3 Å². The Kier molecular flexibility index (Phi) is 6.80. The van der Waals surface area contributed by atoms with Crippen molar-refractivity contribution < 1.29 is 9.53 Å². The van der Waals surface area contributed by atoms with Gasteiger partial charge in [-0.25, -0.2) is 0 Å². The molecule has 0 radical (unpaired) electrons. The van der Waals surface area contributed by atoms with Crippen molar-refractivity contribution in [2.75, 3.05) is 13.7 Å². The second-order valence-electron chi connectivity index (χ2n) is 4.14. The number of ether oxygens (including phenoxy) is 1. The third kappa shape index (κ3) is 5.18. The van der Waals surface area contributed by atoms with Crippen molar-refractivity contribution in [3.8, 4) is 12.1 Å². The van der Waals surface area contributed by atoms with Gasteiger partial charge in [-0.1, -0.05) is 23.7 Å². The summed E-state index contributed by atoms with van der Waals surface area (Å²) >= 11 is 5.94. The molecular weight excluding hydrogens is 290 g/mol. The molecule has 0 aromatic heterocycles. The zero-order valence-corrected chi connectivity index (χ0v) is 12.2. The maximum Gasteiger partial charge on any atom is 0.325 e. The molecule has 0 aliphatic rings. The minimum Gasteiger partial charge on any atom is -0.468 e. The zero-order valence-electron chi connectivity index (χ0n) is 11.5. The van der Waals surface area contributed by atoms with Crippen LogP contribution in [-0.2, 0) is 9.53 Å². The topological polar surface area (TPSA) is 85.9 Å². The van der Waals surface area contributed by atoms with E-state index in [1.165, 1.54) is 13.3 Å². The van der Waals surface area contributed by atoms with Crippen LogP contribution in [0.4, 0.5) is 0 Å². The number of nitrogens with zero attached hydrogens (tertiary/aromatic N) is 2. The van der Waals surface area contributed by atoms with Gasteiger partial charge in [0.05, 0.1) is 24.8 Å². The molecule has 0 spiro atoms. The quantitative estimate of drug-likeness (QED) is 0.644. The van der Waals surface area contributed by atoms with Crippen LogP contribution in [-0.4, -0.2) is 19.6 Å². The highest BCUT2D eigenvalue weighted by Crippen LogP contribution is 2.28. The molecule has 6 heteroatoms. The van der Waals surface area contributed by atoms with Crippen LogP contribution in [0.1, 0.15) is 17.9 Å². The molecule has 0 bridgehead atoms. The predicted molar refractivity (Wildman–Crippen MR) is 78.1 cm³/mol. The van der Waals surface area contributed by atoms with Gasteiger partial charge in [0, 0.05) is 23.6 Å². The Morgan fingerprint density at radius 1 is 1.52 bits per heavy atom. The van der Waals surface area contributed by atoms with Gasteiger partial charge in [-0.15, -0.1) is 0 Å². The van der Waals surface area contributed by atoms with Crippen LogP contribution < -0.4 is 5.32 Å². The SMILES string of the molecule is COC(=O)CN/C=C(\C#N)[C@@H](CC#N)c1cccc(Cl)c1. The Labute approximate surface area is 128 Å². The molecule has 0 aliphatic carbocycles. The van der Waals surface area contributed by atoms with Gasteiger partial charge in [0.1, 0.15) is 6.54 Å². The summed E-state index contributed by atoms with van der Waals surface area (Å²) in [5, 5.41) is 21.5. The number of nitriles is 2. The number of hydrogen-bond acceptors (Lipinski definition) is 5. The lowest BCUT2D eigenvalue weighted by atomic mass is 9.90. The van der Waals surface area contributed by atoms with Gasteiger partial charge in [0.15, 0.2) is 0 Å².